The standard InChI is InChI=1S/C22H41N5O3/c1-3-22(4-2)18(28)16-17(12-11-15-26-21(23)24)20(30)25-14-10-8-6-5-7-9-13-19(29)27-22/h17H,3-16H2,1-2H3,(H,25,30)(H,27,29)(H4,23,24,26)/t17-/m1/s1. The highest BCUT2D eigenvalue weighted by atomic mass is 16.2. The fourth-order valence-electron chi connectivity index (χ4n) is 3.98. The Morgan fingerprint density at radius 3 is 2.30 bits per heavy atom. The van der Waals surface area contributed by atoms with Crippen molar-refractivity contribution in [1.82, 2.24) is 10.6 Å². The second-order valence-corrected chi connectivity index (χ2v) is 8.27. The summed E-state index contributed by atoms with van der Waals surface area (Å²) in [5.41, 5.74) is 9.82. The highest BCUT2D eigenvalue weighted by molar-refractivity contribution is 5.95. The van der Waals surface area contributed by atoms with Crippen molar-refractivity contribution in [3.8, 4) is 0 Å². The number of aliphatic imine (C=N–C) groups is 1. The summed E-state index contributed by atoms with van der Waals surface area (Å²) < 4.78 is 0. The third-order valence-electron chi connectivity index (χ3n) is 6.06. The SMILES string of the molecule is CCC1(CC)NC(=O)CCCCCCCCNC(=O)[C@H](CCCN=C(N)N)CC1=O. The first-order chi connectivity index (χ1) is 14.3. The number of hydrogen-bond donors (Lipinski definition) is 4. The minimum Gasteiger partial charge on any atom is -0.370 e. The van der Waals surface area contributed by atoms with Gasteiger partial charge in [0.25, 0.3) is 0 Å². The zero-order valence-electron chi connectivity index (χ0n) is 18.8. The van der Waals surface area contributed by atoms with E-state index in [4.69, 9.17) is 11.5 Å². The molecule has 1 saturated heterocycles. The number of guanidine groups is 1. The number of nitrogens with zero attached hydrogens (tertiary/aromatic N) is 1. The lowest BCUT2D eigenvalue weighted by atomic mass is 9.81. The molecule has 1 aliphatic rings. The summed E-state index contributed by atoms with van der Waals surface area (Å²) in [4.78, 5) is 42.5. The molecule has 0 aromatic carbocycles. The van der Waals surface area contributed by atoms with Crippen molar-refractivity contribution < 1.29 is 14.4 Å². The minimum absolute atomic E-state index is 0.0206. The lowest BCUT2D eigenvalue weighted by Crippen LogP contribution is -2.54. The molecule has 8 nitrogen and oxygen atoms in total. The smallest absolute Gasteiger partial charge is 0.223 e. The Hall–Kier alpha value is -2.12. The second kappa shape index (κ2) is 14.0. The van der Waals surface area contributed by atoms with Crippen molar-refractivity contribution in [2.75, 3.05) is 13.1 Å². The lowest BCUT2D eigenvalue weighted by Gasteiger charge is -2.33. The number of carbonyl (C=O) groups excluding carboxylic acids is 3. The van der Waals surface area contributed by atoms with Crippen LogP contribution < -0.4 is 22.1 Å². The van der Waals surface area contributed by atoms with E-state index in [1.807, 2.05) is 13.8 Å². The molecule has 0 aromatic heterocycles. The molecule has 1 atom stereocenters. The summed E-state index contributed by atoms with van der Waals surface area (Å²) >= 11 is 0. The van der Waals surface area contributed by atoms with Crippen molar-refractivity contribution in [2.24, 2.45) is 22.4 Å². The van der Waals surface area contributed by atoms with Crippen molar-refractivity contribution in [3.05, 3.63) is 0 Å². The predicted molar refractivity (Wildman–Crippen MR) is 120 cm³/mol. The van der Waals surface area contributed by atoms with E-state index < -0.39 is 11.5 Å². The van der Waals surface area contributed by atoms with Crippen LogP contribution in [0.25, 0.3) is 0 Å². The van der Waals surface area contributed by atoms with Gasteiger partial charge in [-0.25, -0.2) is 0 Å². The van der Waals surface area contributed by atoms with Gasteiger partial charge in [0.1, 0.15) is 0 Å². The fourth-order valence-corrected chi connectivity index (χ4v) is 3.98. The molecular formula is C22H41N5O3. The van der Waals surface area contributed by atoms with Crippen LogP contribution in [-0.4, -0.2) is 42.2 Å². The predicted octanol–water partition coefficient (Wildman–Crippen LogP) is 2.15. The molecule has 0 spiro atoms. The molecule has 0 radical (unpaired) electrons. The minimum atomic E-state index is -0.910. The van der Waals surface area contributed by atoms with E-state index in [1.165, 1.54) is 0 Å². The van der Waals surface area contributed by atoms with E-state index in [-0.39, 0.29) is 30.0 Å². The number of nitrogens with one attached hydrogen (secondary N) is 2. The van der Waals surface area contributed by atoms with Gasteiger partial charge in [0.2, 0.25) is 11.8 Å². The van der Waals surface area contributed by atoms with Crippen LogP contribution >= 0.6 is 0 Å². The summed E-state index contributed by atoms with van der Waals surface area (Å²) in [5.74, 6) is -0.684. The number of amides is 2. The first-order valence-electron chi connectivity index (χ1n) is 11.5. The third-order valence-corrected chi connectivity index (χ3v) is 6.06. The van der Waals surface area contributed by atoms with Crippen LogP contribution in [0.15, 0.2) is 4.99 Å². The summed E-state index contributed by atoms with van der Waals surface area (Å²) in [6, 6.07) is 0. The molecule has 2 amide bonds. The van der Waals surface area contributed by atoms with Crippen LogP contribution in [0.4, 0.5) is 0 Å². The van der Waals surface area contributed by atoms with Gasteiger partial charge in [-0.1, -0.05) is 39.5 Å². The van der Waals surface area contributed by atoms with Crippen LogP contribution in [0.3, 0.4) is 0 Å². The molecule has 0 bridgehead atoms. The van der Waals surface area contributed by atoms with Gasteiger partial charge in [0, 0.05) is 31.8 Å². The van der Waals surface area contributed by atoms with Crippen LogP contribution in [0, 0.1) is 5.92 Å². The Kier molecular flexibility index (Phi) is 12.1. The zero-order valence-corrected chi connectivity index (χ0v) is 18.8. The lowest BCUT2D eigenvalue weighted by molar-refractivity contribution is -0.135. The zero-order chi connectivity index (χ0) is 22.4. The van der Waals surface area contributed by atoms with Gasteiger partial charge in [0.15, 0.2) is 11.7 Å². The maximum Gasteiger partial charge on any atom is 0.223 e. The number of rotatable bonds is 6. The first-order valence-corrected chi connectivity index (χ1v) is 11.5. The monoisotopic (exact) mass is 423 g/mol. The highest BCUT2D eigenvalue weighted by Crippen LogP contribution is 2.24. The van der Waals surface area contributed by atoms with Crippen LogP contribution in [-0.2, 0) is 14.4 Å². The number of Topliss-reactive ketones (excluding diaryl/α,β-unsaturated/α-hetero) is 1. The normalized spacial score (nSPS) is 22.1. The van der Waals surface area contributed by atoms with Crippen molar-refractivity contribution in [3.63, 3.8) is 0 Å². The van der Waals surface area contributed by atoms with Gasteiger partial charge < -0.3 is 22.1 Å². The molecule has 30 heavy (non-hydrogen) atoms. The molecule has 1 aliphatic heterocycles. The Morgan fingerprint density at radius 1 is 1.03 bits per heavy atom. The van der Waals surface area contributed by atoms with E-state index in [2.05, 4.69) is 15.6 Å². The molecule has 1 fully saturated rings. The summed E-state index contributed by atoms with van der Waals surface area (Å²) in [5, 5.41) is 6.00. The van der Waals surface area contributed by atoms with E-state index >= 15 is 0 Å². The molecule has 0 saturated carbocycles. The van der Waals surface area contributed by atoms with Crippen LogP contribution in [0.2, 0.25) is 0 Å². The number of carbonyl (C=O) groups is 3. The van der Waals surface area contributed by atoms with Crippen molar-refractivity contribution in [2.45, 2.75) is 96.4 Å². The van der Waals surface area contributed by atoms with Gasteiger partial charge in [-0.05, 0) is 38.5 Å². The van der Waals surface area contributed by atoms with E-state index in [9.17, 15) is 14.4 Å². The summed E-state index contributed by atoms with van der Waals surface area (Å²) in [7, 11) is 0. The van der Waals surface area contributed by atoms with E-state index in [0.29, 0.717) is 45.2 Å². The molecule has 1 rings (SSSR count). The maximum absolute atomic E-state index is 13.3. The second-order valence-electron chi connectivity index (χ2n) is 8.27. The Morgan fingerprint density at radius 2 is 1.67 bits per heavy atom. The molecule has 6 N–H and O–H groups in total. The van der Waals surface area contributed by atoms with Crippen LogP contribution in [0.5, 0.6) is 0 Å². The molecule has 0 unspecified atom stereocenters. The van der Waals surface area contributed by atoms with E-state index in [0.717, 1.165) is 38.5 Å². The van der Waals surface area contributed by atoms with Crippen molar-refractivity contribution in [1.29, 1.82) is 0 Å². The van der Waals surface area contributed by atoms with Gasteiger partial charge >= 0.3 is 0 Å². The largest absolute Gasteiger partial charge is 0.370 e. The van der Waals surface area contributed by atoms with Crippen molar-refractivity contribution >= 4 is 23.6 Å². The Bertz CT molecular complexity index is 583. The Balaban J connectivity index is 2.95. The summed E-state index contributed by atoms with van der Waals surface area (Å²) in [6.45, 7) is 4.87. The Labute approximate surface area is 181 Å². The fraction of sp³-hybridized carbons (Fsp3) is 0.818. The number of nitrogens with two attached hydrogens (primary N) is 2. The molecule has 8 heteroatoms. The van der Waals surface area contributed by atoms with Gasteiger partial charge in [0.05, 0.1) is 5.54 Å². The van der Waals surface area contributed by atoms with Gasteiger partial charge in [-0.3, -0.25) is 19.4 Å². The quantitative estimate of drug-likeness (QED) is 0.294. The number of hydrogen-bond acceptors (Lipinski definition) is 4. The molecule has 172 valence electrons. The molecule has 0 aliphatic carbocycles. The average molecular weight is 424 g/mol. The highest BCUT2D eigenvalue weighted by Gasteiger charge is 2.38. The van der Waals surface area contributed by atoms with Gasteiger partial charge in [-0.2, -0.15) is 0 Å². The molecule has 1 heterocycles. The summed E-state index contributed by atoms with van der Waals surface area (Å²) in [6.07, 6.45) is 8.72. The van der Waals surface area contributed by atoms with E-state index in [1.54, 1.807) is 0 Å². The molecular weight excluding hydrogens is 382 g/mol. The van der Waals surface area contributed by atoms with Gasteiger partial charge in [-0.15, -0.1) is 0 Å². The molecule has 0 aromatic rings. The topological polar surface area (TPSA) is 140 Å². The first kappa shape index (κ1) is 25.9. The third kappa shape index (κ3) is 9.13. The maximum atomic E-state index is 13.3. The average Bonchev–Trinajstić information content (AvgIpc) is 2.71. The van der Waals surface area contributed by atoms with Crippen LogP contribution in [0.1, 0.15) is 90.9 Å². The number of ketones is 1.